The summed E-state index contributed by atoms with van der Waals surface area (Å²) in [5, 5.41) is 19.6. The highest BCUT2D eigenvalue weighted by Gasteiger charge is 2.21. The zero-order chi connectivity index (χ0) is 12.7. The van der Waals surface area contributed by atoms with E-state index in [1.54, 1.807) is 13.8 Å². The second-order valence-corrected chi connectivity index (χ2v) is 3.57. The lowest BCUT2D eigenvalue weighted by Crippen LogP contribution is -2.48. The third-order valence-electron chi connectivity index (χ3n) is 2.37. The first kappa shape index (κ1) is 14.2. The van der Waals surface area contributed by atoms with Crippen LogP contribution >= 0.6 is 0 Å². The molecule has 16 heavy (non-hydrogen) atoms. The van der Waals surface area contributed by atoms with Gasteiger partial charge in [-0.15, -0.1) is 0 Å². The number of nitrogens with one attached hydrogen (secondary N) is 1. The molecule has 0 spiro atoms. The molecule has 2 N–H and O–H groups in total. The number of carboxylic acids is 1. The third kappa shape index (κ3) is 4.17. The van der Waals surface area contributed by atoms with E-state index in [-0.39, 0.29) is 12.5 Å². The number of hydrogen-bond acceptors (Lipinski definition) is 3. The molecule has 0 aliphatic carbocycles. The van der Waals surface area contributed by atoms with Crippen LogP contribution in [0.15, 0.2) is 0 Å². The number of nitrogens with zero attached hydrogens (tertiary/aromatic N) is 2. The van der Waals surface area contributed by atoms with Crippen LogP contribution in [0.25, 0.3) is 0 Å². The van der Waals surface area contributed by atoms with E-state index in [2.05, 4.69) is 5.32 Å². The number of rotatable bonds is 5. The smallest absolute Gasteiger partial charge is 0.326 e. The molecule has 0 heterocycles. The van der Waals surface area contributed by atoms with Gasteiger partial charge in [-0.3, -0.25) is 0 Å². The van der Waals surface area contributed by atoms with Gasteiger partial charge in [0.05, 0.1) is 12.5 Å². The van der Waals surface area contributed by atoms with E-state index in [1.807, 2.05) is 6.07 Å². The van der Waals surface area contributed by atoms with Crippen molar-refractivity contribution in [2.75, 3.05) is 7.05 Å². The molecule has 0 aliphatic rings. The van der Waals surface area contributed by atoms with Crippen molar-refractivity contribution in [3.05, 3.63) is 0 Å². The van der Waals surface area contributed by atoms with E-state index < -0.39 is 18.0 Å². The number of hydrogen-bond donors (Lipinski definition) is 2. The molecule has 0 saturated carbocycles. The van der Waals surface area contributed by atoms with E-state index in [1.165, 1.54) is 11.9 Å². The molecule has 0 radical (unpaired) electrons. The minimum atomic E-state index is -1.06. The molecule has 90 valence electrons. The van der Waals surface area contributed by atoms with Crippen LogP contribution in [-0.2, 0) is 4.79 Å². The Morgan fingerprint density at radius 3 is 2.50 bits per heavy atom. The fraction of sp³-hybridized carbons (Fsp3) is 0.700. The summed E-state index contributed by atoms with van der Waals surface area (Å²) in [6, 6.07) is 0.356. The van der Waals surface area contributed by atoms with Gasteiger partial charge in [0.25, 0.3) is 0 Å². The van der Waals surface area contributed by atoms with E-state index in [0.29, 0.717) is 6.42 Å². The highest BCUT2D eigenvalue weighted by atomic mass is 16.4. The van der Waals surface area contributed by atoms with Crippen LogP contribution in [-0.4, -0.2) is 41.1 Å². The Kier molecular flexibility index (Phi) is 5.93. The van der Waals surface area contributed by atoms with E-state index in [4.69, 9.17) is 10.4 Å². The first-order chi connectivity index (χ1) is 7.43. The molecule has 0 aromatic rings. The Balaban J connectivity index is 4.35. The van der Waals surface area contributed by atoms with Crippen molar-refractivity contribution < 1.29 is 14.7 Å². The second kappa shape index (κ2) is 6.67. The van der Waals surface area contributed by atoms with Crippen molar-refractivity contribution in [2.24, 2.45) is 0 Å². The Bertz CT molecular complexity index is 298. The van der Waals surface area contributed by atoms with Gasteiger partial charge in [-0.25, -0.2) is 9.59 Å². The largest absolute Gasteiger partial charge is 0.480 e. The summed E-state index contributed by atoms with van der Waals surface area (Å²) >= 11 is 0. The molecule has 0 bridgehead atoms. The predicted molar refractivity (Wildman–Crippen MR) is 57.7 cm³/mol. The van der Waals surface area contributed by atoms with E-state index in [9.17, 15) is 9.59 Å². The third-order valence-corrected chi connectivity index (χ3v) is 2.37. The average Bonchev–Trinajstić information content (AvgIpc) is 2.24. The number of carbonyl (C=O) groups is 2. The minimum Gasteiger partial charge on any atom is -0.480 e. The monoisotopic (exact) mass is 227 g/mol. The first-order valence-corrected chi connectivity index (χ1v) is 5.07. The maximum absolute atomic E-state index is 11.6. The molecule has 6 nitrogen and oxygen atoms in total. The maximum atomic E-state index is 11.6. The molecule has 0 aromatic carbocycles. The lowest BCUT2D eigenvalue weighted by atomic mass is 10.2. The maximum Gasteiger partial charge on any atom is 0.326 e. The lowest BCUT2D eigenvalue weighted by Gasteiger charge is -2.25. The van der Waals surface area contributed by atoms with Gasteiger partial charge in [-0.1, -0.05) is 6.92 Å². The van der Waals surface area contributed by atoms with Crippen LogP contribution in [0.4, 0.5) is 4.79 Å². The highest BCUT2D eigenvalue weighted by molar-refractivity contribution is 5.82. The van der Waals surface area contributed by atoms with Crippen molar-refractivity contribution in [3.8, 4) is 6.07 Å². The molecule has 0 saturated heterocycles. The zero-order valence-electron chi connectivity index (χ0n) is 9.73. The fourth-order valence-electron chi connectivity index (χ4n) is 1.06. The van der Waals surface area contributed by atoms with Crippen molar-refractivity contribution in [2.45, 2.75) is 38.8 Å². The van der Waals surface area contributed by atoms with Crippen LogP contribution in [0, 0.1) is 11.3 Å². The van der Waals surface area contributed by atoms with Crippen LogP contribution < -0.4 is 5.32 Å². The van der Waals surface area contributed by atoms with Crippen LogP contribution in [0.3, 0.4) is 0 Å². The van der Waals surface area contributed by atoms with Crippen LogP contribution in [0.2, 0.25) is 0 Å². The van der Waals surface area contributed by atoms with Gasteiger partial charge in [0.15, 0.2) is 0 Å². The summed E-state index contributed by atoms with van der Waals surface area (Å²) in [6.07, 6.45) is 0.537. The van der Waals surface area contributed by atoms with E-state index in [0.717, 1.165) is 0 Å². The van der Waals surface area contributed by atoms with Gasteiger partial charge < -0.3 is 15.3 Å². The van der Waals surface area contributed by atoms with Crippen molar-refractivity contribution >= 4 is 12.0 Å². The Hall–Kier alpha value is -1.77. The number of carbonyl (C=O) groups excluding carboxylic acids is 1. The Morgan fingerprint density at radius 1 is 1.56 bits per heavy atom. The lowest BCUT2D eigenvalue weighted by molar-refractivity contribution is -0.139. The summed E-state index contributed by atoms with van der Waals surface area (Å²) in [6.45, 7) is 3.41. The SMILES string of the molecule is CC[C@@H](NC(=O)N(C)C(C)CC#N)C(=O)O. The summed E-state index contributed by atoms with van der Waals surface area (Å²) in [5.74, 6) is -1.06. The summed E-state index contributed by atoms with van der Waals surface area (Å²) in [7, 11) is 1.53. The molecule has 0 rings (SSSR count). The van der Waals surface area contributed by atoms with Crippen molar-refractivity contribution in [1.29, 1.82) is 5.26 Å². The number of aliphatic carboxylic acids is 1. The number of urea groups is 1. The van der Waals surface area contributed by atoms with Crippen LogP contribution in [0.5, 0.6) is 0 Å². The molecule has 0 aliphatic heterocycles. The molecule has 2 amide bonds. The second-order valence-electron chi connectivity index (χ2n) is 3.57. The summed E-state index contributed by atoms with van der Waals surface area (Å²) in [5.41, 5.74) is 0. The van der Waals surface area contributed by atoms with Gasteiger partial charge in [0, 0.05) is 13.1 Å². The van der Waals surface area contributed by atoms with Gasteiger partial charge in [0.1, 0.15) is 6.04 Å². The topological polar surface area (TPSA) is 93.4 Å². The number of carboxylic acid groups (broad SMARTS) is 1. The van der Waals surface area contributed by atoms with Gasteiger partial charge >= 0.3 is 12.0 Å². The van der Waals surface area contributed by atoms with Crippen LogP contribution in [0.1, 0.15) is 26.7 Å². The molecular formula is C10H17N3O3. The van der Waals surface area contributed by atoms with Crippen molar-refractivity contribution in [1.82, 2.24) is 10.2 Å². The molecular weight excluding hydrogens is 210 g/mol. The standard InChI is InChI=1S/C10H17N3O3/c1-4-8(9(14)15)12-10(16)13(3)7(2)5-6-11/h7-8H,4-5H2,1-3H3,(H,12,16)(H,14,15)/t7?,8-/m1/s1. The summed E-state index contributed by atoms with van der Waals surface area (Å²) in [4.78, 5) is 23.6. The predicted octanol–water partition coefficient (Wildman–Crippen LogP) is 0.793. The molecule has 1 unspecified atom stereocenters. The number of amides is 2. The molecule has 6 heteroatoms. The Morgan fingerprint density at radius 2 is 2.12 bits per heavy atom. The van der Waals surface area contributed by atoms with Gasteiger partial charge in [-0.2, -0.15) is 5.26 Å². The highest BCUT2D eigenvalue weighted by Crippen LogP contribution is 2.01. The minimum absolute atomic E-state index is 0.216. The molecule has 2 atom stereocenters. The number of nitriles is 1. The van der Waals surface area contributed by atoms with E-state index >= 15 is 0 Å². The normalized spacial score (nSPS) is 13.4. The first-order valence-electron chi connectivity index (χ1n) is 5.07. The Labute approximate surface area is 94.8 Å². The molecule has 0 fully saturated rings. The zero-order valence-corrected chi connectivity index (χ0v) is 9.73. The van der Waals surface area contributed by atoms with Gasteiger partial charge in [0.2, 0.25) is 0 Å². The quantitative estimate of drug-likeness (QED) is 0.726. The van der Waals surface area contributed by atoms with Crippen molar-refractivity contribution in [3.63, 3.8) is 0 Å². The molecule has 0 aromatic heterocycles. The average molecular weight is 227 g/mol. The summed E-state index contributed by atoms with van der Waals surface area (Å²) < 4.78 is 0. The van der Waals surface area contributed by atoms with Gasteiger partial charge in [-0.05, 0) is 13.3 Å². The fourth-order valence-corrected chi connectivity index (χ4v) is 1.06.